The van der Waals surface area contributed by atoms with Crippen molar-refractivity contribution in [1.82, 2.24) is 4.72 Å². The van der Waals surface area contributed by atoms with Gasteiger partial charge in [0.25, 0.3) is 5.79 Å². The molecule has 1 fully saturated rings. The minimum atomic E-state index is -1.64. The van der Waals surface area contributed by atoms with Crippen molar-refractivity contribution in [2.45, 2.75) is 90.7 Å². The van der Waals surface area contributed by atoms with E-state index in [1.165, 1.54) is 0 Å². The summed E-state index contributed by atoms with van der Waals surface area (Å²) in [4.78, 5) is 0. The van der Waals surface area contributed by atoms with E-state index < -0.39 is 32.5 Å². The first-order chi connectivity index (χ1) is 15.8. The van der Waals surface area contributed by atoms with Gasteiger partial charge in [0.15, 0.2) is 0 Å². The molecule has 1 N–H and O–H groups in total. The lowest BCUT2D eigenvalue weighted by Crippen LogP contribution is -2.71. The average Bonchev–Trinajstić information content (AvgIpc) is 3.00. The van der Waals surface area contributed by atoms with Crippen molar-refractivity contribution >= 4 is 26.9 Å². The molecular weight excluding hydrogens is 512 g/mol. The molecular formula is C27H41BrN2O3S. The SMILES string of the molecule is CCOC(C#N)(OCC)[C@]1(N[S@@](=O)C(C)(C)C)c2cc(Br)ccc2CC12C[C@@H](C)C(C)[C@@H](C)C2. The van der Waals surface area contributed by atoms with Crippen LogP contribution in [0.25, 0.3) is 0 Å². The molecule has 5 nitrogen and oxygen atoms in total. The number of hydrogen-bond donors (Lipinski definition) is 1. The maximum Gasteiger partial charge on any atom is 0.283 e. The Bertz CT molecular complexity index is 952. The van der Waals surface area contributed by atoms with Crippen LogP contribution in [0.4, 0.5) is 0 Å². The molecule has 3 rings (SSSR count). The van der Waals surface area contributed by atoms with Crippen LogP contribution < -0.4 is 4.72 Å². The molecule has 0 saturated heterocycles. The summed E-state index contributed by atoms with van der Waals surface area (Å²) in [5, 5.41) is 10.8. The summed E-state index contributed by atoms with van der Waals surface area (Å²) in [6.07, 6.45) is 2.57. The van der Waals surface area contributed by atoms with Crippen LogP contribution in [0.3, 0.4) is 0 Å². The van der Waals surface area contributed by atoms with E-state index in [1.807, 2.05) is 34.6 Å². The quantitative estimate of drug-likeness (QED) is 0.406. The van der Waals surface area contributed by atoms with Gasteiger partial charge in [-0.1, -0.05) is 42.8 Å². The number of benzene rings is 1. The van der Waals surface area contributed by atoms with Crippen LogP contribution >= 0.6 is 15.9 Å². The van der Waals surface area contributed by atoms with E-state index in [2.05, 4.69) is 65.7 Å². The number of nitriles is 1. The zero-order valence-corrected chi connectivity index (χ0v) is 24.4. The lowest BCUT2D eigenvalue weighted by atomic mass is 9.53. The first-order valence-corrected chi connectivity index (χ1v) is 14.4. The van der Waals surface area contributed by atoms with Crippen molar-refractivity contribution in [3.63, 3.8) is 0 Å². The van der Waals surface area contributed by atoms with Crippen molar-refractivity contribution in [1.29, 1.82) is 5.26 Å². The molecule has 1 spiro atoms. The number of halogens is 1. The smallest absolute Gasteiger partial charge is 0.283 e. The van der Waals surface area contributed by atoms with Crippen LogP contribution in [0.5, 0.6) is 0 Å². The molecule has 0 aliphatic heterocycles. The third-order valence-electron chi connectivity index (χ3n) is 8.16. The lowest BCUT2D eigenvalue weighted by molar-refractivity contribution is -0.269. The fourth-order valence-corrected chi connectivity index (χ4v) is 7.80. The van der Waals surface area contributed by atoms with Gasteiger partial charge in [0.1, 0.15) is 11.6 Å². The third-order valence-corrected chi connectivity index (χ3v) is 10.3. The number of nitrogens with one attached hydrogen (secondary N) is 1. The lowest BCUT2D eigenvalue weighted by Gasteiger charge is -2.58. The van der Waals surface area contributed by atoms with Gasteiger partial charge in [0.05, 0.1) is 15.7 Å². The first kappa shape index (κ1) is 27.8. The first-order valence-electron chi connectivity index (χ1n) is 12.5. The van der Waals surface area contributed by atoms with Crippen molar-refractivity contribution in [2.24, 2.45) is 23.2 Å². The second kappa shape index (κ2) is 9.94. The van der Waals surface area contributed by atoms with Gasteiger partial charge in [-0.3, -0.25) is 0 Å². The highest BCUT2D eigenvalue weighted by molar-refractivity contribution is 9.10. The number of nitrogens with zero attached hydrogens (tertiary/aromatic N) is 1. The monoisotopic (exact) mass is 552 g/mol. The molecule has 6 atom stereocenters. The minimum absolute atomic E-state index is 0.306. The summed E-state index contributed by atoms with van der Waals surface area (Å²) < 4.78 is 30.6. The molecule has 1 saturated carbocycles. The Morgan fingerprint density at radius 2 is 1.71 bits per heavy atom. The van der Waals surface area contributed by atoms with E-state index >= 15 is 0 Å². The van der Waals surface area contributed by atoms with Crippen LogP contribution in [0.15, 0.2) is 22.7 Å². The Morgan fingerprint density at radius 3 is 2.18 bits per heavy atom. The summed E-state index contributed by atoms with van der Waals surface area (Å²) in [5.74, 6) is -0.206. The fraction of sp³-hybridized carbons (Fsp3) is 0.741. The zero-order valence-electron chi connectivity index (χ0n) is 22.0. The molecule has 2 aliphatic rings. The van der Waals surface area contributed by atoms with E-state index in [0.717, 1.165) is 34.9 Å². The second-order valence-corrected chi connectivity index (χ2v) is 14.2. The minimum Gasteiger partial charge on any atom is -0.337 e. The van der Waals surface area contributed by atoms with Gasteiger partial charge in [-0.2, -0.15) is 5.26 Å². The molecule has 1 aromatic carbocycles. The molecule has 0 heterocycles. The summed E-state index contributed by atoms with van der Waals surface area (Å²) in [7, 11) is -1.47. The van der Waals surface area contributed by atoms with Crippen LogP contribution in [-0.2, 0) is 32.4 Å². The van der Waals surface area contributed by atoms with Gasteiger partial charge >= 0.3 is 0 Å². The van der Waals surface area contributed by atoms with Crippen LogP contribution in [-0.4, -0.2) is 28.0 Å². The van der Waals surface area contributed by atoms with Crippen LogP contribution in [0.2, 0.25) is 0 Å². The van der Waals surface area contributed by atoms with E-state index in [1.54, 1.807) is 0 Å². The molecule has 2 aliphatic carbocycles. The highest BCUT2D eigenvalue weighted by Crippen LogP contribution is 2.65. The Kier molecular flexibility index (Phi) is 8.12. The average molecular weight is 554 g/mol. The predicted octanol–water partition coefficient (Wildman–Crippen LogP) is 6.23. The van der Waals surface area contributed by atoms with E-state index in [0.29, 0.717) is 31.0 Å². The van der Waals surface area contributed by atoms with Gasteiger partial charge < -0.3 is 9.47 Å². The normalized spacial score (nSPS) is 32.4. The molecule has 0 amide bonds. The maximum absolute atomic E-state index is 13.9. The Hall–Kier alpha value is -0.780. The van der Waals surface area contributed by atoms with E-state index in [9.17, 15) is 9.47 Å². The molecule has 2 unspecified atom stereocenters. The molecule has 0 bridgehead atoms. The Labute approximate surface area is 217 Å². The summed E-state index contributed by atoms with van der Waals surface area (Å²) in [6, 6.07) is 8.74. The standard InChI is InChI=1S/C27H41BrN2O3S/c1-9-32-26(17-29,33-10-2)27(30-34(31)24(6,7)8)23-13-22(28)12-11-21(23)16-25(27)14-18(3)20(5)19(4)15-25/h11-13,18-20,30H,9-10,14-16H2,1-8H3/t18-,19+,20?,25?,27-,34-/m0/s1. The topological polar surface area (TPSA) is 71.3 Å². The Morgan fingerprint density at radius 1 is 1.15 bits per heavy atom. The van der Waals surface area contributed by atoms with Crippen molar-refractivity contribution in [3.8, 4) is 6.07 Å². The predicted molar refractivity (Wildman–Crippen MR) is 141 cm³/mol. The molecule has 1 aromatic rings. The van der Waals surface area contributed by atoms with E-state index in [-0.39, 0.29) is 0 Å². The molecule has 7 heteroatoms. The van der Waals surface area contributed by atoms with Crippen LogP contribution in [0.1, 0.15) is 79.4 Å². The maximum atomic E-state index is 13.9. The van der Waals surface area contributed by atoms with E-state index in [4.69, 9.17) is 9.47 Å². The number of fused-ring (bicyclic) bond motifs is 1. The van der Waals surface area contributed by atoms with Crippen molar-refractivity contribution in [2.75, 3.05) is 13.2 Å². The fourth-order valence-electron chi connectivity index (χ4n) is 6.40. The van der Waals surface area contributed by atoms with Gasteiger partial charge in [-0.15, -0.1) is 0 Å². The highest BCUT2D eigenvalue weighted by atomic mass is 79.9. The number of hydrogen-bond acceptors (Lipinski definition) is 4. The zero-order chi connectivity index (χ0) is 25.5. The second-order valence-electron chi connectivity index (χ2n) is 11.3. The molecule has 0 radical (unpaired) electrons. The van der Waals surface area contributed by atoms with Gasteiger partial charge in [-0.05, 0) is 94.9 Å². The van der Waals surface area contributed by atoms with Gasteiger partial charge in [0, 0.05) is 23.1 Å². The molecule has 190 valence electrons. The third kappa shape index (κ3) is 4.32. The van der Waals surface area contributed by atoms with Gasteiger partial charge in [0.2, 0.25) is 0 Å². The summed E-state index contributed by atoms with van der Waals surface area (Å²) in [6.45, 7) is 17.2. The summed E-state index contributed by atoms with van der Waals surface area (Å²) in [5.41, 5.74) is 0.606. The van der Waals surface area contributed by atoms with Crippen molar-refractivity contribution < 1.29 is 13.7 Å². The summed E-state index contributed by atoms with van der Waals surface area (Å²) >= 11 is 3.67. The molecule has 34 heavy (non-hydrogen) atoms. The highest BCUT2D eigenvalue weighted by Gasteiger charge is 2.72. The molecule has 0 aromatic heterocycles. The van der Waals surface area contributed by atoms with Crippen molar-refractivity contribution in [3.05, 3.63) is 33.8 Å². The Balaban J connectivity index is 2.44. The number of rotatable bonds is 7. The number of ether oxygens (including phenoxy) is 2. The van der Waals surface area contributed by atoms with Crippen LogP contribution in [0, 0.1) is 34.5 Å². The largest absolute Gasteiger partial charge is 0.337 e. The van der Waals surface area contributed by atoms with Gasteiger partial charge in [-0.25, -0.2) is 8.93 Å².